The summed E-state index contributed by atoms with van der Waals surface area (Å²) in [6.45, 7) is 4.29. The Morgan fingerprint density at radius 3 is 1.71 bits per heavy atom. The van der Waals surface area contributed by atoms with Gasteiger partial charge < -0.3 is 4.57 Å². The molecule has 0 radical (unpaired) electrons. The Hall–Kier alpha value is -6.72. The lowest BCUT2D eigenvalue weighted by Crippen LogP contribution is -2.04. The molecule has 5 heteroatoms. The van der Waals surface area contributed by atoms with Gasteiger partial charge in [-0.15, -0.1) is 0 Å². The Kier molecular flexibility index (Phi) is 7.74. The van der Waals surface area contributed by atoms with Gasteiger partial charge in [0.1, 0.15) is 5.82 Å². The largest absolute Gasteiger partial charge is 0.308 e. The van der Waals surface area contributed by atoms with Crippen molar-refractivity contribution < 1.29 is 4.39 Å². The fourth-order valence-corrected chi connectivity index (χ4v) is 7.24. The molecule has 4 nitrogen and oxygen atoms in total. The summed E-state index contributed by atoms with van der Waals surface area (Å²) in [5.41, 5.74) is 11.6. The van der Waals surface area contributed by atoms with Crippen LogP contribution in [0.15, 0.2) is 164 Å². The van der Waals surface area contributed by atoms with Gasteiger partial charge in [-0.1, -0.05) is 133 Å². The van der Waals surface area contributed by atoms with Gasteiger partial charge in [0.05, 0.1) is 16.7 Å². The zero-order valence-electron chi connectivity index (χ0n) is 28.8. The van der Waals surface area contributed by atoms with Crippen LogP contribution in [0.2, 0.25) is 0 Å². The first-order valence-corrected chi connectivity index (χ1v) is 17.4. The van der Waals surface area contributed by atoms with Crippen LogP contribution in [0.4, 0.5) is 4.39 Å². The highest BCUT2D eigenvalue weighted by Crippen LogP contribution is 2.40. The number of benzene rings is 7. The summed E-state index contributed by atoms with van der Waals surface area (Å²) in [5.74, 6) is 1.41. The zero-order valence-corrected chi connectivity index (χ0v) is 28.8. The van der Waals surface area contributed by atoms with Crippen LogP contribution < -0.4 is 0 Å². The van der Waals surface area contributed by atoms with Crippen molar-refractivity contribution in [2.75, 3.05) is 0 Å². The number of halogens is 1. The molecule has 0 atom stereocenters. The quantitative estimate of drug-likeness (QED) is 0.177. The number of hydrogen-bond donors (Lipinski definition) is 0. The second-order valence-electron chi connectivity index (χ2n) is 13.2. The van der Waals surface area contributed by atoms with Crippen LogP contribution in [0.1, 0.15) is 11.1 Å². The average Bonchev–Trinajstić information content (AvgIpc) is 3.52. The third-order valence-corrected chi connectivity index (χ3v) is 9.73. The second-order valence-corrected chi connectivity index (χ2v) is 13.2. The Bertz CT molecular complexity index is 2710. The first-order valence-electron chi connectivity index (χ1n) is 17.4. The minimum Gasteiger partial charge on any atom is -0.308 e. The van der Waals surface area contributed by atoms with Crippen LogP contribution >= 0.6 is 0 Å². The molecular weight excluding hydrogens is 640 g/mol. The molecular formula is C47H33FN4. The maximum Gasteiger partial charge on any atom is 0.166 e. The van der Waals surface area contributed by atoms with Crippen molar-refractivity contribution in [3.8, 4) is 62.1 Å². The molecule has 2 heterocycles. The molecule has 0 amide bonds. The van der Waals surface area contributed by atoms with Gasteiger partial charge in [-0.25, -0.2) is 19.3 Å². The predicted octanol–water partition coefficient (Wildman–Crippen LogP) is 12.1. The van der Waals surface area contributed by atoms with Crippen molar-refractivity contribution in [2.24, 2.45) is 0 Å². The summed E-state index contributed by atoms with van der Waals surface area (Å²) in [6, 6.07) is 54.6. The van der Waals surface area contributed by atoms with Gasteiger partial charge in [0.15, 0.2) is 17.5 Å². The fourth-order valence-electron chi connectivity index (χ4n) is 7.24. The Labute approximate surface area is 301 Å². The first-order chi connectivity index (χ1) is 25.5. The standard InChI is InChI=1S/C47H33FN4/c1-30-21-24-36(31(2)27-30)34-23-26-43-40(28-34)38-18-10-12-20-42(38)52(43)44-29-35(37-17-9-11-19-41(37)48)22-25-39(44)47-50-45(32-13-5-3-6-14-32)49-46(51-47)33-15-7-4-8-16-33/h3-29H,1-2H3. The maximum absolute atomic E-state index is 15.4. The molecule has 7 aromatic carbocycles. The molecule has 248 valence electrons. The molecule has 9 rings (SSSR count). The van der Waals surface area contributed by atoms with Crippen LogP contribution in [0.25, 0.3) is 83.9 Å². The van der Waals surface area contributed by atoms with E-state index in [-0.39, 0.29) is 5.82 Å². The van der Waals surface area contributed by atoms with E-state index in [1.54, 1.807) is 6.07 Å². The van der Waals surface area contributed by atoms with Crippen molar-refractivity contribution in [3.63, 3.8) is 0 Å². The van der Waals surface area contributed by atoms with Gasteiger partial charge in [-0.3, -0.25) is 0 Å². The van der Waals surface area contributed by atoms with Crippen LogP contribution in [0.5, 0.6) is 0 Å². The highest BCUT2D eigenvalue weighted by molar-refractivity contribution is 6.11. The first kappa shape index (κ1) is 31.3. The van der Waals surface area contributed by atoms with E-state index in [0.717, 1.165) is 55.3 Å². The minimum atomic E-state index is -0.278. The van der Waals surface area contributed by atoms with E-state index in [4.69, 9.17) is 15.0 Å². The summed E-state index contributed by atoms with van der Waals surface area (Å²) in [7, 11) is 0. The summed E-state index contributed by atoms with van der Waals surface area (Å²) >= 11 is 0. The third-order valence-electron chi connectivity index (χ3n) is 9.73. The second kappa shape index (κ2) is 12.9. The Balaban J connectivity index is 1.34. The van der Waals surface area contributed by atoms with Crippen LogP contribution in [-0.4, -0.2) is 19.5 Å². The van der Waals surface area contributed by atoms with E-state index in [9.17, 15) is 0 Å². The van der Waals surface area contributed by atoms with E-state index in [0.29, 0.717) is 23.0 Å². The number of aryl methyl sites for hydroxylation is 2. The minimum absolute atomic E-state index is 0.278. The molecule has 0 saturated heterocycles. The third kappa shape index (κ3) is 5.53. The van der Waals surface area contributed by atoms with Crippen molar-refractivity contribution in [1.82, 2.24) is 19.5 Å². The van der Waals surface area contributed by atoms with E-state index >= 15 is 4.39 Å². The number of aromatic nitrogens is 4. The fraction of sp³-hybridized carbons (Fsp3) is 0.0426. The normalized spacial score (nSPS) is 11.4. The molecule has 0 fully saturated rings. The summed E-state index contributed by atoms with van der Waals surface area (Å²) < 4.78 is 17.7. The summed E-state index contributed by atoms with van der Waals surface area (Å²) in [4.78, 5) is 15.2. The maximum atomic E-state index is 15.4. The van der Waals surface area contributed by atoms with E-state index in [1.807, 2.05) is 84.9 Å². The van der Waals surface area contributed by atoms with Crippen LogP contribution in [-0.2, 0) is 0 Å². The predicted molar refractivity (Wildman–Crippen MR) is 211 cm³/mol. The van der Waals surface area contributed by atoms with Gasteiger partial charge >= 0.3 is 0 Å². The molecule has 2 aromatic heterocycles. The van der Waals surface area contributed by atoms with E-state index in [1.165, 1.54) is 22.8 Å². The molecule has 9 aromatic rings. The van der Waals surface area contributed by atoms with Gasteiger partial charge in [-0.2, -0.15) is 0 Å². The SMILES string of the molecule is Cc1ccc(-c2ccc3c(c2)c2ccccc2n3-c2cc(-c3ccccc3F)ccc2-c2nc(-c3ccccc3)nc(-c3ccccc3)n2)c(C)c1. The number of hydrogen-bond acceptors (Lipinski definition) is 3. The lowest BCUT2D eigenvalue weighted by molar-refractivity contribution is 0.631. The lowest BCUT2D eigenvalue weighted by atomic mass is 9.97. The van der Waals surface area contributed by atoms with Crippen LogP contribution in [0.3, 0.4) is 0 Å². The molecule has 0 aliphatic carbocycles. The topological polar surface area (TPSA) is 43.6 Å². The smallest absolute Gasteiger partial charge is 0.166 e. The summed E-state index contributed by atoms with van der Waals surface area (Å²) in [6.07, 6.45) is 0. The van der Waals surface area contributed by atoms with E-state index < -0.39 is 0 Å². The van der Waals surface area contributed by atoms with Crippen molar-refractivity contribution in [2.45, 2.75) is 13.8 Å². The Morgan fingerprint density at radius 2 is 1.00 bits per heavy atom. The Morgan fingerprint density at radius 1 is 0.423 bits per heavy atom. The highest BCUT2D eigenvalue weighted by Gasteiger charge is 2.21. The van der Waals surface area contributed by atoms with E-state index in [2.05, 4.69) is 85.1 Å². The number of rotatable bonds is 6. The highest BCUT2D eigenvalue weighted by atomic mass is 19.1. The summed E-state index contributed by atoms with van der Waals surface area (Å²) in [5, 5.41) is 2.25. The van der Waals surface area contributed by atoms with Crippen molar-refractivity contribution >= 4 is 21.8 Å². The molecule has 52 heavy (non-hydrogen) atoms. The average molecular weight is 673 g/mol. The molecule has 0 unspecified atom stereocenters. The van der Waals surface area contributed by atoms with Gasteiger partial charge in [-0.05, 0) is 72.5 Å². The number of para-hydroxylation sites is 1. The molecule has 0 saturated carbocycles. The molecule has 0 aliphatic rings. The number of fused-ring (bicyclic) bond motifs is 3. The molecule has 0 aliphatic heterocycles. The van der Waals surface area contributed by atoms with Crippen LogP contribution in [0, 0.1) is 19.7 Å². The molecule has 0 bridgehead atoms. The lowest BCUT2D eigenvalue weighted by Gasteiger charge is -2.17. The van der Waals surface area contributed by atoms with Crippen molar-refractivity contribution in [3.05, 3.63) is 181 Å². The molecule has 0 N–H and O–H groups in total. The zero-order chi connectivity index (χ0) is 35.2. The number of nitrogens with zero attached hydrogens (tertiary/aromatic N) is 4. The monoisotopic (exact) mass is 672 g/mol. The molecule has 0 spiro atoms. The van der Waals surface area contributed by atoms with Crippen molar-refractivity contribution in [1.29, 1.82) is 0 Å². The van der Waals surface area contributed by atoms with Gasteiger partial charge in [0.2, 0.25) is 0 Å². The van der Waals surface area contributed by atoms with Gasteiger partial charge in [0.25, 0.3) is 0 Å². The van der Waals surface area contributed by atoms with Gasteiger partial charge in [0, 0.05) is 33.0 Å².